The quantitative estimate of drug-likeness (QED) is 0.662. The number of benzene rings is 2. The van der Waals surface area contributed by atoms with E-state index in [-0.39, 0.29) is 25.1 Å². The second kappa shape index (κ2) is 7.56. The molecule has 0 saturated heterocycles. The van der Waals surface area contributed by atoms with Gasteiger partial charge in [0.1, 0.15) is 12.1 Å². The second-order valence-corrected chi connectivity index (χ2v) is 5.61. The molecule has 0 unspecified atom stereocenters. The van der Waals surface area contributed by atoms with Crippen LogP contribution in [0.25, 0.3) is 10.9 Å². The van der Waals surface area contributed by atoms with Gasteiger partial charge in [-0.2, -0.15) is 0 Å². The Bertz CT molecular complexity index is 1010. The first-order chi connectivity index (χ1) is 12.5. The van der Waals surface area contributed by atoms with Crippen LogP contribution >= 0.6 is 0 Å². The van der Waals surface area contributed by atoms with Crippen molar-refractivity contribution in [2.24, 2.45) is 5.73 Å². The maximum atomic E-state index is 12.3. The van der Waals surface area contributed by atoms with E-state index >= 15 is 0 Å². The zero-order chi connectivity index (χ0) is 18.5. The van der Waals surface area contributed by atoms with Crippen LogP contribution in [0.1, 0.15) is 22.3 Å². The molecule has 132 valence electrons. The smallest absolute Gasteiger partial charge is 0.308 e. The van der Waals surface area contributed by atoms with Crippen molar-refractivity contribution in [3.05, 3.63) is 70.0 Å². The molecule has 0 aliphatic heterocycles. The van der Waals surface area contributed by atoms with Crippen LogP contribution in [-0.4, -0.2) is 26.9 Å². The van der Waals surface area contributed by atoms with Crippen molar-refractivity contribution in [3.8, 4) is 0 Å². The summed E-state index contributed by atoms with van der Waals surface area (Å²) in [6.45, 7) is 0.145. The molecule has 2 aromatic carbocycles. The molecule has 2 N–H and O–H groups in total. The molecule has 0 radical (unpaired) electrons. The molecule has 0 aliphatic rings. The molecule has 0 bridgehead atoms. The number of nitrogens with two attached hydrogens (primary N) is 1. The Balaban J connectivity index is 1.56. The van der Waals surface area contributed by atoms with Gasteiger partial charge in [-0.05, 0) is 29.8 Å². The van der Waals surface area contributed by atoms with E-state index in [2.05, 4.69) is 10.3 Å². The zero-order valence-corrected chi connectivity index (χ0v) is 13.8. The van der Waals surface area contributed by atoms with Gasteiger partial charge in [-0.25, -0.2) is 4.68 Å². The van der Waals surface area contributed by atoms with Gasteiger partial charge in [-0.1, -0.05) is 29.5 Å². The molecule has 0 spiro atoms. The summed E-state index contributed by atoms with van der Waals surface area (Å²) >= 11 is 0. The summed E-state index contributed by atoms with van der Waals surface area (Å²) in [5, 5.41) is 8.23. The summed E-state index contributed by atoms with van der Waals surface area (Å²) in [5.74, 6) is -0.985. The first kappa shape index (κ1) is 17.3. The minimum absolute atomic E-state index is 0.00764. The van der Waals surface area contributed by atoms with Crippen LogP contribution in [-0.2, 0) is 22.7 Å². The third-order valence-electron chi connectivity index (χ3n) is 3.80. The molecule has 1 aromatic heterocycles. The number of aromatic nitrogens is 3. The van der Waals surface area contributed by atoms with Crippen molar-refractivity contribution < 1.29 is 14.3 Å². The lowest BCUT2D eigenvalue weighted by Gasteiger charge is -2.07. The van der Waals surface area contributed by atoms with E-state index in [0.717, 1.165) is 10.2 Å². The lowest BCUT2D eigenvalue weighted by Crippen LogP contribution is -2.25. The number of primary amides is 1. The Kier molecular flexibility index (Phi) is 5.02. The van der Waals surface area contributed by atoms with E-state index in [0.29, 0.717) is 16.5 Å². The van der Waals surface area contributed by atoms with Crippen LogP contribution in [0.15, 0.2) is 53.3 Å². The molecule has 0 aliphatic carbocycles. The number of ether oxygens (including phenoxy) is 1. The van der Waals surface area contributed by atoms with E-state index in [1.807, 2.05) is 0 Å². The summed E-state index contributed by atoms with van der Waals surface area (Å²) in [6, 6.07) is 13.3. The Labute approximate surface area is 148 Å². The molecule has 1 heterocycles. The van der Waals surface area contributed by atoms with Crippen LogP contribution in [0.4, 0.5) is 0 Å². The molecule has 0 saturated carbocycles. The predicted molar refractivity (Wildman–Crippen MR) is 93.2 cm³/mol. The normalized spacial score (nSPS) is 10.6. The molecular formula is C18H16N4O4. The number of amides is 1. The molecule has 0 fully saturated rings. The Morgan fingerprint density at radius 3 is 2.54 bits per heavy atom. The number of fused-ring (bicyclic) bond motifs is 1. The fourth-order valence-electron chi connectivity index (χ4n) is 2.37. The molecule has 8 heteroatoms. The van der Waals surface area contributed by atoms with Gasteiger partial charge in [-0.3, -0.25) is 14.4 Å². The van der Waals surface area contributed by atoms with Gasteiger partial charge in [0.2, 0.25) is 5.91 Å². The van der Waals surface area contributed by atoms with E-state index < -0.39 is 11.9 Å². The largest absolute Gasteiger partial charge is 0.461 e. The maximum absolute atomic E-state index is 12.3. The molecular weight excluding hydrogens is 336 g/mol. The van der Waals surface area contributed by atoms with Gasteiger partial charge in [-0.15, -0.1) is 5.10 Å². The van der Waals surface area contributed by atoms with Crippen molar-refractivity contribution >= 4 is 22.8 Å². The number of rotatable bonds is 6. The van der Waals surface area contributed by atoms with Crippen molar-refractivity contribution in [1.29, 1.82) is 0 Å². The molecule has 8 nitrogen and oxygen atoms in total. The molecule has 3 aromatic rings. The summed E-state index contributed by atoms with van der Waals surface area (Å²) in [4.78, 5) is 35.2. The zero-order valence-electron chi connectivity index (χ0n) is 13.8. The average Bonchev–Trinajstić information content (AvgIpc) is 2.66. The molecule has 3 rings (SSSR count). The van der Waals surface area contributed by atoms with Gasteiger partial charge in [0.05, 0.1) is 18.4 Å². The molecule has 1 amide bonds. The monoisotopic (exact) mass is 352 g/mol. The van der Waals surface area contributed by atoms with Crippen molar-refractivity contribution in [1.82, 2.24) is 15.0 Å². The number of hydrogen-bond acceptors (Lipinski definition) is 6. The van der Waals surface area contributed by atoms with Gasteiger partial charge < -0.3 is 10.5 Å². The van der Waals surface area contributed by atoms with Crippen molar-refractivity contribution in [3.63, 3.8) is 0 Å². The fraction of sp³-hybridized carbons (Fsp3) is 0.167. The van der Waals surface area contributed by atoms with Crippen LogP contribution < -0.4 is 11.3 Å². The summed E-state index contributed by atoms with van der Waals surface area (Å²) < 4.78 is 6.30. The van der Waals surface area contributed by atoms with Crippen LogP contribution in [0.3, 0.4) is 0 Å². The number of nitrogens with zero attached hydrogens (tertiary/aromatic N) is 3. The molecule has 26 heavy (non-hydrogen) atoms. The summed E-state index contributed by atoms with van der Waals surface area (Å²) in [5.41, 5.74) is 6.49. The third kappa shape index (κ3) is 3.92. The van der Waals surface area contributed by atoms with Crippen molar-refractivity contribution in [2.45, 2.75) is 19.6 Å². The first-order valence-electron chi connectivity index (χ1n) is 7.91. The van der Waals surface area contributed by atoms with Crippen LogP contribution in [0.2, 0.25) is 0 Å². The van der Waals surface area contributed by atoms with Crippen LogP contribution in [0, 0.1) is 0 Å². The highest BCUT2D eigenvalue weighted by atomic mass is 16.5. The highest BCUT2D eigenvalue weighted by Gasteiger charge is 2.09. The van der Waals surface area contributed by atoms with Gasteiger partial charge >= 0.3 is 5.97 Å². The fourth-order valence-corrected chi connectivity index (χ4v) is 2.37. The van der Waals surface area contributed by atoms with Gasteiger partial charge in [0, 0.05) is 5.56 Å². The van der Waals surface area contributed by atoms with E-state index in [1.165, 1.54) is 0 Å². The summed E-state index contributed by atoms with van der Waals surface area (Å²) in [6.07, 6.45) is -0.00764. The minimum atomic E-state index is -0.518. The number of aryl methyl sites for hydroxylation is 1. The van der Waals surface area contributed by atoms with Gasteiger partial charge in [0.25, 0.3) is 5.56 Å². The van der Waals surface area contributed by atoms with E-state index in [4.69, 9.17) is 10.5 Å². The SMILES string of the molecule is NC(=O)c1ccc(COC(=O)CCn2nnc3ccccc3c2=O)cc1. The molecule has 0 atom stereocenters. The number of esters is 1. The lowest BCUT2D eigenvalue weighted by atomic mass is 10.1. The highest BCUT2D eigenvalue weighted by molar-refractivity contribution is 5.92. The Hall–Kier alpha value is -3.55. The lowest BCUT2D eigenvalue weighted by molar-refractivity contribution is -0.145. The second-order valence-electron chi connectivity index (χ2n) is 5.61. The minimum Gasteiger partial charge on any atom is -0.461 e. The van der Waals surface area contributed by atoms with Crippen molar-refractivity contribution in [2.75, 3.05) is 0 Å². The third-order valence-corrected chi connectivity index (χ3v) is 3.80. The number of carbonyl (C=O) groups is 2. The van der Waals surface area contributed by atoms with E-state index in [9.17, 15) is 14.4 Å². The first-order valence-corrected chi connectivity index (χ1v) is 7.91. The predicted octanol–water partition coefficient (Wildman–Crippen LogP) is 1.02. The van der Waals surface area contributed by atoms with Crippen LogP contribution in [0.5, 0.6) is 0 Å². The Morgan fingerprint density at radius 2 is 1.81 bits per heavy atom. The number of carbonyl (C=O) groups excluding carboxylic acids is 2. The highest BCUT2D eigenvalue weighted by Crippen LogP contribution is 2.07. The van der Waals surface area contributed by atoms with E-state index in [1.54, 1.807) is 48.5 Å². The van der Waals surface area contributed by atoms with Gasteiger partial charge in [0.15, 0.2) is 0 Å². The topological polar surface area (TPSA) is 117 Å². The Morgan fingerprint density at radius 1 is 1.08 bits per heavy atom. The maximum Gasteiger partial charge on any atom is 0.308 e. The summed E-state index contributed by atoms with van der Waals surface area (Å²) in [7, 11) is 0. The number of hydrogen-bond donors (Lipinski definition) is 1. The average molecular weight is 352 g/mol. The standard InChI is InChI=1S/C18H16N4O4/c19-17(24)13-7-5-12(6-8-13)11-26-16(23)9-10-22-18(25)14-3-1-2-4-15(14)20-21-22/h1-8H,9-11H2,(H2,19,24).